The summed E-state index contributed by atoms with van der Waals surface area (Å²) in [6.45, 7) is 6.28. The molecule has 2 aromatic rings. The average molecular weight is 355 g/mol. The number of amides is 1. The molecule has 1 N–H and O–H groups in total. The maximum absolute atomic E-state index is 12.4. The molecule has 1 amide bonds. The van der Waals surface area contributed by atoms with Crippen LogP contribution in [0.3, 0.4) is 0 Å². The summed E-state index contributed by atoms with van der Waals surface area (Å²) < 4.78 is 0. The SMILES string of the molecule is Cc1ccc(SC(C)C(=O)Nc2ccc(N3CCCCC3)cc2)cc1. The minimum Gasteiger partial charge on any atom is -0.372 e. The highest BCUT2D eigenvalue weighted by Crippen LogP contribution is 2.25. The molecule has 1 unspecified atom stereocenters. The summed E-state index contributed by atoms with van der Waals surface area (Å²) in [6, 6.07) is 16.5. The summed E-state index contributed by atoms with van der Waals surface area (Å²) in [7, 11) is 0. The molecule has 3 rings (SSSR count). The van der Waals surface area contributed by atoms with Gasteiger partial charge in [-0.15, -0.1) is 11.8 Å². The van der Waals surface area contributed by atoms with E-state index in [0.29, 0.717) is 0 Å². The first-order valence-corrected chi connectivity index (χ1v) is 9.89. The van der Waals surface area contributed by atoms with Crippen LogP contribution in [0.4, 0.5) is 11.4 Å². The van der Waals surface area contributed by atoms with Gasteiger partial charge in [-0.05, 0) is 69.5 Å². The number of aryl methyl sites for hydroxylation is 1. The highest BCUT2D eigenvalue weighted by molar-refractivity contribution is 8.00. The van der Waals surface area contributed by atoms with Gasteiger partial charge in [0.1, 0.15) is 0 Å². The summed E-state index contributed by atoms with van der Waals surface area (Å²) in [5.74, 6) is 0.0382. The zero-order valence-electron chi connectivity index (χ0n) is 15.0. The van der Waals surface area contributed by atoms with E-state index in [0.717, 1.165) is 23.7 Å². The van der Waals surface area contributed by atoms with Gasteiger partial charge >= 0.3 is 0 Å². The molecule has 4 heteroatoms. The van der Waals surface area contributed by atoms with Crippen molar-refractivity contribution in [2.24, 2.45) is 0 Å². The lowest BCUT2D eigenvalue weighted by molar-refractivity contribution is -0.115. The third-order valence-electron chi connectivity index (χ3n) is 4.56. The minimum atomic E-state index is -0.135. The lowest BCUT2D eigenvalue weighted by atomic mass is 10.1. The Morgan fingerprint density at radius 2 is 1.64 bits per heavy atom. The monoisotopic (exact) mass is 354 g/mol. The fourth-order valence-corrected chi connectivity index (χ4v) is 3.89. The van der Waals surface area contributed by atoms with E-state index in [9.17, 15) is 4.79 Å². The molecule has 0 spiro atoms. The van der Waals surface area contributed by atoms with Crippen molar-refractivity contribution in [3.8, 4) is 0 Å². The number of benzene rings is 2. The second-order valence-electron chi connectivity index (χ2n) is 6.66. The van der Waals surface area contributed by atoms with Gasteiger partial charge in [-0.3, -0.25) is 4.79 Å². The van der Waals surface area contributed by atoms with Crippen molar-refractivity contribution in [2.75, 3.05) is 23.3 Å². The summed E-state index contributed by atoms with van der Waals surface area (Å²) in [6.07, 6.45) is 3.87. The van der Waals surface area contributed by atoms with Crippen molar-refractivity contribution >= 4 is 29.0 Å². The zero-order chi connectivity index (χ0) is 17.6. The van der Waals surface area contributed by atoms with Crippen LogP contribution in [0, 0.1) is 6.92 Å². The van der Waals surface area contributed by atoms with E-state index in [1.165, 1.54) is 30.5 Å². The molecule has 1 atom stereocenters. The van der Waals surface area contributed by atoms with Crippen LogP contribution in [0.25, 0.3) is 0 Å². The van der Waals surface area contributed by atoms with Crippen molar-refractivity contribution in [1.29, 1.82) is 0 Å². The molecule has 0 bridgehead atoms. The van der Waals surface area contributed by atoms with Crippen molar-refractivity contribution in [2.45, 2.75) is 43.3 Å². The molecule has 1 aliphatic rings. The number of carbonyl (C=O) groups excluding carboxylic acids is 1. The van der Waals surface area contributed by atoms with Crippen LogP contribution in [0.15, 0.2) is 53.4 Å². The molecule has 0 aliphatic carbocycles. The van der Waals surface area contributed by atoms with E-state index < -0.39 is 0 Å². The maximum atomic E-state index is 12.4. The molecular formula is C21H26N2OS. The molecule has 0 saturated carbocycles. The smallest absolute Gasteiger partial charge is 0.237 e. The third kappa shape index (κ3) is 5.02. The van der Waals surface area contributed by atoms with Gasteiger partial charge in [0.25, 0.3) is 0 Å². The van der Waals surface area contributed by atoms with E-state index in [2.05, 4.69) is 53.5 Å². The minimum absolute atomic E-state index is 0.0382. The second-order valence-corrected chi connectivity index (χ2v) is 8.07. The molecule has 1 heterocycles. The number of hydrogen-bond acceptors (Lipinski definition) is 3. The maximum Gasteiger partial charge on any atom is 0.237 e. The quantitative estimate of drug-likeness (QED) is 0.758. The van der Waals surface area contributed by atoms with E-state index in [1.807, 2.05) is 19.1 Å². The lowest BCUT2D eigenvalue weighted by Gasteiger charge is -2.28. The topological polar surface area (TPSA) is 32.3 Å². The Hall–Kier alpha value is -1.94. The van der Waals surface area contributed by atoms with Gasteiger partial charge in [-0.1, -0.05) is 17.7 Å². The number of nitrogens with zero attached hydrogens (tertiary/aromatic N) is 1. The number of carbonyl (C=O) groups is 1. The van der Waals surface area contributed by atoms with Gasteiger partial charge in [0, 0.05) is 29.4 Å². The number of rotatable bonds is 5. The Morgan fingerprint density at radius 3 is 2.28 bits per heavy atom. The Kier molecular flexibility index (Phi) is 6.03. The lowest BCUT2D eigenvalue weighted by Crippen LogP contribution is -2.29. The Morgan fingerprint density at radius 1 is 1.00 bits per heavy atom. The molecule has 3 nitrogen and oxygen atoms in total. The van der Waals surface area contributed by atoms with E-state index in [-0.39, 0.29) is 11.2 Å². The standard InChI is InChI=1S/C21H26N2OS/c1-16-6-12-20(13-7-16)25-17(2)21(24)22-18-8-10-19(11-9-18)23-14-4-3-5-15-23/h6-13,17H,3-5,14-15H2,1-2H3,(H,22,24). The number of hydrogen-bond donors (Lipinski definition) is 1. The normalized spacial score (nSPS) is 15.7. The van der Waals surface area contributed by atoms with E-state index in [1.54, 1.807) is 11.8 Å². The van der Waals surface area contributed by atoms with Crippen molar-refractivity contribution in [3.05, 3.63) is 54.1 Å². The zero-order valence-corrected chi connectivity index (χ0v) is 15.8. The van der Waals surface area contributed by atoms with Crippen LogP contribution in [0.5, 0.6) is 0 Å². The van der Waals surface area contributed by atoms with E-state index >= 15 is 0 Å². The summed E-state index contributed by atoms with van der Waals surface area (Å²) in [5.41, 5.74) is 3.34. The molecule has 0 radical (unpaired) electrons. The first kappa shape index (κ1) is 17.9. The largest absolute Gasteiger partial charge is 0.372 e. The Bertz CT molecular complexity index is 691. The first-order chi connectivity index (χ1) is 12.1. The van der Waals surface area contributed by atoms with Crippen LogP contribution >= 0.6 is 11.8 Å². The molecule has 0 aromatic heterocycles. The predicted octanol–water partition coefficient (Wildman–Crippen LogP) is 5.10. The summed E-state index contributed by atoms with van der Waals surface area (Å²) >= 11 is 1.59. The van der Waals surface area contributed by atoms with Crippen molar-refractivity contribution < 1.29 is 4.79 Å². The molecule has 1 aliphatic heterocycles. The molecule has 132 valence electrons. The van der Waals surface area contributed by atoms with Gasteiger partial charge in [0.05, 0.1) is 5.25 Å². The molecule has 25 heavy (non-hydrogen) atoms. The Labute approximate surface area is 154 Å². The van der Waals surface area contributed by atoms with Crippen LogP contribution in [0.1, 0.15) is 31.7 Å². The van der Waals surface area contributed by atoms with Crippen LogP contribution in [-0.4, -0.2) is 24.2 Å². The second kappa shape index (κ2) is 8.43. The highest BCUT2D eigenvalue weighted by atomic mass is 32.2. The number of nitrogens with one attached hydrogen (secondary N) is 1. The number of piperidine rings is 1. The first-order valence-electron chi connectivity index (χ1n) is 9.01. The van der Waals surface area contributed by atoms with Crippen LogP contribution in [-0.2, 0) is 4.79 Å². The van der Waals surface area contributed by atoms with Crippen molar-refractivity contribution in [1.82, 2.24) is 0 Å². The Balaban J connectivity index is 1.55. The number of anilines is 2. The highest BCUT2D eigenvalue weighted by Gasteiger charge is 2.15. The van der Waals surface area contributed by atoms with Crippen LogP contribution in [0.2, 0.25) is 0 Å². The molecule has 1 saturated heterocycles. The average Bonchev–Trinajstić information content (AvgIpc) is 2.65. The molecular weight excluding hydrogens is 328 g/mol. The summed E-state index contributed by atoms with van der Waals surface area (Å²) in [4.78, 5) is 16.0. The third-order valence-corrected chi connectivity index (χ3v) is 5.67. The number of thioether (sulfide) groups is 1. The van der Waals surface area contributed by atoms with Gasteiger partial charge < -0.3 is 10.2 Å². The van der Waals surface area contributed by atoms with Gasteiger partial charge in [0.2, 0.25) is 5.91 Å². The van der Waals surface area contributed by atoms with Crippen LogP contribution < -0.4 is 10.2 Å². The van der Waals surface area contributed by atoms with Gasteiger partial charge in [0.15, 0.2) is 0 Å². The van der Waals surface area contributed by atoms with Gasteiger partial charge in [-0.2, -0.15) is 0 Å². The molecule has 2 aromatic carbocycles. The molecule has 1 fully saturated rings. The van der Waals surface area contributed by atoms with Crippen molar-refractivity contribution in [3.63, 3.8) is 0 Å². The fraction of sp³-hybridized carbons (Fsp3) is 0.381. The summed E-state index contributed by atoms with van der Waals surface area (Å²) in [5, 5.41) is 2.89. The van der Waals surface area contributed by atoms with E-state index in [4.69, 9.17) is 0 Å². The fourth-order valence-electron chi connectivity index (χ4n) is 3.03. The van der Waals surface area contributed by atoms with Gasteiger partial charge in [-0.25, -0.2) is 0 Å². The predicted molar refractivity (Wildman–Crippen MR) is 108 cm³/mol.